The highest BCUT2D eigenvalue weighted by Crippen LogP contribution is 2.39. The second-order valence-corrected chi connectivity index (χ2v) is 7.51. The fraction of sp³-hybridized carbons (Fsp3) is 1.00. The molecular formula is C10H21NO3S2. The molecule has 0 saturated heterocycles. The van der Waals surface area contributed by atoms with Crippen molar-refractivity contribution in [2.24, 2.45) is 0 Å². The Morgan fingerprint density at radius 2 is 2.00 bits per heavy atom. The Kier molecular flexibility index (Phi) is 5.56. The first kappa shape index (κ1) is 14.3. The third-order valence-electron chi connectivity index (χ3n) is 3.13. The Labute approximate surface area is 102 Å². The van der Waals surface area contributed by atoms with Crippen molar-refractivity contribution < 1.29 is 13.5 Å². The van der Waals surface area contributed by atoms with Gasteiger partial charge < -0.3 is 5.11 Å². The quantitative estimate of drug-likeness (QED) is 0.721. The highest BCUT2D eigenvalue weighted by Gasteiger charge is 2.33. The van der Waals surface area contributed by atoms with Crippen molar-refractivity contribution in [1.29, 1.82) is 0 Å². The molecule has 16 heavy (non-hydrogen) atoms. The van der Waals surface area contributed by atoms with Gasteiger partial charge in [0.1, 0.15) is 0 Å². The van der Waals surface area contributed by atoms with Gasteiger partial charge >= 0.3 is 0 Å². The molecule has 0 aromatic rings. The molecule has 0 radical (unpaired) electrons. The molecule has 0 spiro atoms. The molecule has 0 atom stereocenters. The summed E-state index contributed by atoms with van der Waals surface area (Å²) in [4.78, 5) is 0. The average Bonchev–Trinajstić information content (AvgIpc) is 2.74. The Morgan fingerprint density at radius 3 is 2.50 bits per heavy atom. The predicted molar refractivity (Wildman–Crippen MR) is 68.2 cm³/mol. The van der Waals surface area contributed by atoms with Gasteiger partial charge in [-0.05, 0) is 25.5 Å². The summed E-state index contributed by atoms with van der Waals surface area (Å²) in [6, 6.07) is 0. The summed E-state index contributed by atoms with van der Waals surface area (Å²) in [5.74, 6) is 0.0218. The molecule has 0 aliphatic heterocycles. The van der Waals surface area contributed by atoms with Crippen LogP contribution in [0, 0.1) is 0 Å². The van der Waals surface area contributed by atoms with E-state index in [4.69, 9.17) is 5.11 Å². The lowest BCUT2D eigenvalue weighted by Crippen LogP contribution is -2.39. The molecule has 1 fully saturated rings. The Morgan fingerprint density at radius 1 is 1.38 bits per heavy atom. The molecule has 0 bridgehead atoms. The van der Waals surface area contributed by atoms with Gasteiger partial charge in [-0.3, -0.25) is 0 Å². The van der Waals surface area contributed by atoms with Crippen LogP contribution < -0.4 is 4.72 Å². The lowest BCUT2D eigenvalue weighted by atomic mass is 10.1. The number of rotatable bonds is 7. The van der Waals surface area contributed by atoms with Gasteiger partial charge in [0.05, 0.1) is 5.75 Å². The minimum atomic E-state index is -3.20. The summed E-state index contributed by atoms with van der Waals surface area (Å²) in [6.45, 7) is 0.455. The zero-order chi connectivity index (χ0) is 12.1. The molecule has 1 aliphatic carbocycles. The molecule has 0 aromatic carbocycles. The Bertz CT molecular complexity index is 297. The maximum atomic E-state index is 11.6. The number of sulfonamides is 1. The second-order valence-electron chi connectivity index (χ2n) is 4.31. The van der Waals surface area contributed by atoms with Crippen LogP contribution in [0.15, 0.2) is 0 Å². The van der Waals surface area contributed by atoms with Gasteiger partial charge in [-0.15, -0.1) is 0 Å². The average molecular weight is 267 g/mol. The zero-order valence-electron chi connectivity index (χ0n) is 9.74. The molecule has 6 heteroatoms. The van der Waals surface area contributed by atoms with Crippen molar-refractivity contribution in [2.45, 2.75) is 36.9 Å². The van der Waals surface area contributed by atoms with Crippen molar-refractivity contribution in [3.05, 3.63) is 0 Å². The fourth-order valence-electron chi connectivity index (χ4n) is 2.04. The van der Waals surface area contributed by atoms with E-state index in [1.165, 1.54) is 12.8 Å². The minimum absolute atomic E-state index is 0.0218. The van der Waals surface area contributed by atoms with Crippen molar-refractivity contribution >= 4 is 21.8 Å². The summed E-state index contributed by atoms with van der Waals surface area (Å²) in [5, 5.41) is 8.61. The molecule has 1 aliphatic rings. The highest BCUT2D eigenvalue weighted by molar-refractivity contribution is 8.00. The van der Waals surface area contributed by atoms with Crippen molar-refractivity contribution in [3.63, 3.8) is 0 Å². The largest absolute Gasteiger partial charge is 0.396 e. The zero-order valence-corrected chi connectivity index (χ0v) is 11.4. The first-order chi connectivity index (χ1) is 7.54. The second kappa shape index (κ2) is 6.23. The molecule has 2 N–H and O–H groups in total. The Balaban J connectivity index is 2.43. The van der Waals surface area contributed by atoms with E-state index in [9.17, 15) is 8.42 Å². The molecule has 0 aromatic heterocycles. The highest BCUT2D eigenvalue weighted by atomic mass is 32.2. The summed E-state index contributed by atoms with van der Waals surface area (Å²) >= 11 is 1.77. The molecular weight excluding hydrogens is 246 g/mol. The van der Waals surface area contributed by atoms with Crippen LogP contribution >= 0.6 is 11.8 Å². The van der Waals surface area contributed by atoms with Gasteiger partial charge in [-0.2, -0.15) is 11.8 Å². The van der Waals surface area contributed by atoms with E-state index >= 15 is 0 Å². The number of nitrogens with one attached hydrogen (secondary N) is 1. The van der Waals surface area contributed by atoms with E-state index in [-0.39, 0.29) is 17.1 Å². The van der Waals surface area contributed by atoms with E-state index in [0.717, 1.165) is 12.8 Å². The smallest absolute Gasteiger partial charge is 0.211 e. The lowest BCUT2D eigenvalue weighted by Gasteiger charge is -2.26. The summed E-state index contributed by atoms with van der Waals surface area (Å²) in [7, 11) is -3.20. The summed E-state index contributed by atoms with van der Waals surface area (Å²) in [5.41, 5.74) is 0. The van der Waals surface area contributed by atoms with Crippen molar-refractivity contribution in [3.8, 4) is 0 Å². The third-order valence-corrected chi connectivity index (χ3v) is 5.96. The van der Waals surface area contributed by atoms with E-state index in [0.29, 0.717) is 13.0 Å². The topological polar surface area (TPSA) is 66.4 Å². The number of hydrogen-bond donors (Lipinski definition) is 2. The third kappa shape index (κ3) is 4.24. The standard InChI is InChI=1S/C10H21NO3S2/c1-15-10(5-2-3-6-10)9-11-16(13,14)8-4-7-12/h11-12H,2-9H2,1H3. The van der Waals surface area contributed by atoms with Gasteiger partial charge in [0.25, 0.3) is 0 Å². The van der Waals surface area contributed by atoms with E-state index in [1.54, 1.807) is 11.8 Å². The number of thioether (sulfide) groups is 1. The molecule has 0 amide bonds. The van der Waals surface area contributed by atoms with E-state index in [2.05, 4.69) is 4.72 Å². The van der Waals surface area contributed by atoms with Crippen LogP contribution in [-0.2, 0) is 10.0 Å². The van der Waals surface area contributed by atoms with Gasteiger partial charge in [-0.25, -0.2) is 13.1 Å². The molecule has 0 heterocycles. The first-order valence-corrected chi connectivity index (χ1v) is 8.55. The normalized spacial score (nSPS) is 20.1. The van der Waals surface area contributed by atoms with Gasteiger partial charge in [0.15, 0.2) is 0 Å². The van der Waals surface area contributed by atoms with Gasteiger partial charge in [0, 0.05) is 17.9 Å². The van der Waals surface area contributed by atoms with Gasteiger partial charge in [-0.1, -0.05) is 12.8 Å². The molecule has 1 rings (SSSR count). The van der Waals surface area contributed by atoms with Crippen LogP contribution in [0.3, 0.4) is 0 Å². The van der Waals surface area contributed by atoms with Crippen LogP contribution in [0.5, 0.6) is 0 Å². The van der Waals surface area contributed by atoms with Crippen LogP contribution in [0.1, 0.15) is 32.1 Å². The molecule has 96 valence electrons. The van der Waals surface area contributed by atoms with E-state index < -0.39 is 10.0 Å². The fourth-order valence-corrected chi connectivity index (χ4v) is 4.20. The number of hydrogen-bond acceptors (Lipinski definition) is 4. The molecule has 4 nitrogen and oxygen atoms in total. The van der Waals surface area contributed by atoms with Crippen LogP contribution in [-0.4, -0.2) is 43.4 Å². The molecule has 1 saturated carbocycles. The minimum Gasteiger partial charge on any atom is -0.396 e. The maximum absolute atomic E-state index is 11.6. The van der Waals surface area contributed by atoms with Crippen molar-refractivity contribution in [1.82, 2.24) is 4.72 Å². The van der Waals surface area contributed by atoms with Crippen LogP contribution in [0.2, 0.25) is 0 Å². The lowest BCUT2D eigenvalue weighted by molar-refractivity contribution is 0.295. The van der Waals surface area contributed by atoms with Crippen LogP contribution in [0.4, 0.5) is 0 Å². The number of aliphatic hydroxyl groups is 1. The Hall–Kier alpha value is 0.220. The maximum Gasteiger partial charge on any atom is 0.211 e. The predicted octanol–water partition coefficient (Wildman–Crippen LogP) is 0.964. The SMILES string of the molecule is CSC1(CNS(=O)(=O)CCCO)CCCC1. The summed E-state index contributed by atoms with van der Waals surface area (Å²) in [6.07, 6.45) is 6.93. The van der Waals surface area contributed by atoms with Crippen LogP contribution in [0.25, 0.3) is 0 Å². The first-order valence-electron chi connectivity index (χ1n) is 5.67. The summed E-state index contributed by atoms with van der Waals surface area (Å²) < 4.78 is 25.9. The monoisotopic (exact) mass is 267 g/mol. The van der Waals surface area contributed by atoms with Crippen molar-refractivity contribution in [2.75, 3.05) is 25.2 Å². The van der Waals surface area contributed by atoms with E-state index in [1.807, 2.05) is 6.26 Å². The number of aliphatic hydroxyl groups excluding tert-OH is 1. The molecule has 0 unspecified atom stereocenters. The van der Waals surface area contributed by atoms with Gasteiger partial charge in [0.2, 0.25) is 10.0 Å².